The zero-order valence-electron chi connectivity index (χ0n) is 16.4. The Balaban J connectivity index is 2.06. The van der Waals surface area contributed by atoms with Crippen molar-refractivity contribution >= 4 is 34.2 Å². The lowest BCUT2D eigenvalue weighted by Crippen LogP contribution is -2.08. The van der Waals surface area contributed by atoms with Gasteiger partial charge in [-0.05, 0) is 36.3 Å². The summed E-state index contributed by atoms with van der Waals surface area (Å²) in [6, 6.07) is 2.78. The number of benzene rings is 1. The van der Waals surface area contributed by atoms with Gasteiger partial charge in [-0.2, -0.15) is 13.2 Å². The third-order valence-electron chi connectivity index (χ3n) is 3.99. The van der Waals surface area contributed by atoms with Gasteiger partial charge < -0.3 is 15.6 Å². The molecule has 2 heterocycles. The first-order valence-electron chi connectivity index (χ1n) is 8.87. The molecule has 0 saturated heterocycles. The Morgan fingerprint density at radius 2 is 1.97 bits per heavy atom. The predicted octanol–water partition coefficient (Wildman–Crippen LogP) is 4.12. The van der Waals surface area contributed by atoms with E-state index in [0.717, 1.165) is 18.2 Å². The first-order valence-corrected chi connectivity index (χ1v) is 10.2. The van der Waals surface area contributed by atoms with Crippen molar-refractivity contribution in [2.24, 2.45) is 10.2 Å². The second kappa shape index (κ2) is 9.22. The molecule has 1 aromatic carbocycles. The van der Waals surface area contributed by atoms with Gasteiger partial charge in [0, 0.05) is 19.4 Å². The topological polar surface area (TPSA) is 137 Å². The molecule has 9 nitrogen and oxygen atoms in total. The molecule has 162 valence electrons. The maximum atomic E-state index is 13.1. The summed E-state index contributed by atoms with van der Waals surface area (Å²) in [5.41, 5.74) is 5.25. The largest absolute Gasteiger partial charge is 0.611 e. The Morgan fingerprint density at radius 1 is 1.19 bits per heavy atom. The van der Waals surface area contributed by atoms with Crippen molar-refractivity contribution in [3.63, 3.8) is 0 Å². The van der Waals surface area contributed by atoms with Gasteiger partial charge in [0.15, 0.2) is 28.0 Å². The minimum atomic E-state index is -4.59. The van der Waals surface area contributed by atoms with Gasteiger partial charge in [-0.1, -0.05) is 0 Å². The molecule has 0 spiro atoms. The van der Waals surface area contributed by atoms with Crippen molar-refractivity contribution in [2.45, 2.75) is 18.0 Å². The van der Waals surface area contributed by atoms with Crippen LogP contribution in [0.15, 0.2) is 51.9 Å². The van der Waals surface area contributed by atoms with E-state index in [4.69, 9.17) is 5.73 Å². The molecule has 1 unspecified atom stereocenters. The van der Waals surface area contributed by atoms with Crippen LogP contribution in [0.4, 0.5) is 36.2 Å². The SMILES string of the molecule is CC[S+]([O-])c1ccc(C(F)(F)F)cc1/N=N/c1c(N)nc(-c2cnccn2)nc1NC. The Kier molecular flexibility index (Phi) is 6.65. The molecular formula is C18H17F3N8OS. The normalized spacial score (nSPS) is 12.8. The third kappa shape index (κ3) is 5.06. The van der Waals surface area contributed by atoms with Crippen LogP contribution < -0.4 is 11.1 Å². The lowest BCUT2D eigenvalue weighted by Gasteiger charge is -2.13. The van der Waals surface area contributed by atoms with Gasteiger partial charge in [0.25, 0.3) is 0 Å². The molecule has 3 rings (SSSR count). The molecule has 31 heavy (non-hydrogen) atoms. The van der Waals surface area contributed by atoms with E-state index in [0.29, 0.717) is 5.69 Å². The number of nitrogens with one attached hydrogen (secondary N) is 1. The highest BCUT2D eigenvalue weighted by Crippen LogP contribution is 2.37. The monoisotopic (exact) mass is 450 g/mol. The molecule has 13 heteroatoms. The molecule has 3 aromatic rings. The summed E-state index contributed by atoms with van der Waals surface area (Å²) < 4.78 is 51.6. The van der Waals surface area contributed by atoms with Crippen molar-refractivity contribution in [1.29, 1.82) is 0 Å². The van der Waals surface area contributed by atoms with Crippen LogP contribution in [0.1, 0.15) is 12.5 Å². The number of nitrogen functional groups attached to an aromatic ring is 1. The summed E-state index contributed by atoms with van der Waals surface area (Å²) in [6.45, 7) is 1.64. The number of nitrogens with zero attached hydrogens (tertiary/aromatic N) is 6. The van der Waals surface area contributed by atoms with Crippen LogP contribution in [0.2, 0.25) is 0 Å². The zero-order chi connectivity index (χ0) is 22.6. The van der Waals surface area contributed by atoms with Crippen molar-refractivity contribution in [3.05, 3.63) is 42.4 Å². The fourth-order valence-corrected chi connectivity index (χ4v) is 3.36. The van der Waals surface area contributed by atoms with E-state index in [2.05, 4.69) is 35.5 Å². The lowest BCUT2D eigenvalue weighted by atomic mass is 10.2. The van der Waals surface area contributed by atoms with Crippen molar-refractivity contribution < 1.29 is 17.7 Å². The summed E-state index contributed by atoms with van der Waals surface area (Å²) >= 11 is -1.55. The number of nitrogens with two attached hydrogens (primary N) is 1. The van der Waals surface area contributed by atoms with E-state index in [1.165, 1.54) is 18.6 Å². The Bertz CT molecular complexity index is 1100. The van der Waals surface area contributed by atoms with Crippen LogP contribution >= 0.6 is 0 Å². The van der Waals surface area contributed by atoms with Crippen LogP contribution in [0.5, 0.6) is 0 Å². The van der Waals surface area contributed by atoms with E-state index >= 15 is 0 Å². The number of hydrogen-bond acceptors (Lipinski definition) is 9. The molecule has 0 saturated carbocycles. The van der Waals surface area contributed by atoms with E-state index < -0.39 is 22.9 Å². The van der Waals surface area contributed by atoms with Gasteiger partial charge in [0.05, 0.1) is 11.8 Å². The number of rotatable bonds is 6. The lowest BCUT2D eigenvalue weighted by molar-refractivity contribution is -0.137. The highest BCUT2D eigenvalue weighted by molar-refractivity contribution is 7.91. The number of hydrogen-bond donors (Lipinski definition) is 2. The van der Waals surface area contributed by atoms with Crippen molar-refractivity contribution in [2.75, 3.05) is 23.9 Å². The first-order chi connectivity index (χ1) is 14.7. The van der Waals surface area contributed by atoms with Gasteiger partial charge >= 0.3 is 6.18 Å². The highest BCUT2D eigenvalue weighted by atomic mass is 32.2. The fourth-order valence-electron chi connectivity index (χ4n) is 2.50. The van der Waals surface area contributed by atoms with E-state index in [1.54, 1.807) is 14.0 Å². The van der Waals surface area contributed by atoms with E-state index in [1.807, 2.05) is 0 Å². The van der Waals surface area contributed by atoms with Gasteiger partial charge in [-0.15, -0.1) is 10.2 Å². The molecule has 0 radical (unpaired) electrons. The first kappa shape index (κ1) is 22.4. The van der Waals surface area contributed by atoms with Gasteiger partial charge in [-0.3, -0.25) is 4.98 Å². The molecule has 0 fully saturated rings. The summed E-state index contributed by atoms with van der Waals surface area (Å²) in [4.78, 5) is 16.6. The summed E-state index contributed by atoms with van der Waals surface area (Å²) in [5, 5.41) is 10.6. The Hall–Kier alpha value is -3.32. The second-order valence-corrected chi connectivity index (χ2v) is 7.69. The average molecular weight is 450 g/mol. The molecule has 2 aromatic heterocycles. The molecule has 1 atom stereocenters. The third-order valence-corrected chi connectivity index (χ3v) is 5.35. The number of aromatic nitrogens is 4. The second-order valence-electron chi connectivity index (χ2n) is 5.98. The molecule has 0 aliphatic heterocycles. The van der Waals surface area contributed by atoms with Crippen molar-refractivity contribution in [1.82, 2.24) is 19.9 Å². The molecule has 0 amide bonds. The predicted molar refractivity (Wildman–Crippen MR) is 110 cm³/mol. The number of halogens is 3. The van der Waals surface area contributed by atoms with Crippen LogP contribution in [0, 0.1) is 0 Å². The summed E-state index contributed by atoms with van der Waals surface area (Å²) in [7, 11) is 1.56. The van der Waals surface area contributed by atoms with Crippen LogP contribution in [-0.2, 0) is 17.4 Å². The van der Waals surface area contributed by atoms with Gasteiger partial charge in [0.2, 0.25) is 0 Å². The average Bonchev–Trinajstić information content (AvgIpc) is 2.77. The summed E-state index contributed by atoms with van der Waals surface area (Å²) in [5.74, 6) is 0.491. The molecular weight excluding hydrogens is 433 g/mol. The molecule has 3 N–H and O–H groups in total. The summed E-state index contributed by atoms with van der Waals surface area (Å²) in [6.07, 6.45) is -0.191. The smallest absolute Gasteiger partial charge is 0.416 e. The minimum absolute atomic E-state index is 0.0146. The van der Waals surface area contributed by atoms with Gasteiger partial charge in [0.1, 0.15) is 17.1 Å². The van der Waals surface area contributed by atoms with Crippen LogP contribution in [0.3, 0.4) is 0 Å². The van der Waals surface area contributed by atoms with Crippen LogP contribution in [-0.4, -0.2) is 37.3 Å². The van der Waals surface area contributed by atoms with Crippen LogP contribution in [0.25, 0.3) is 11.5 Å². The van der Waals surface area contributed by atoms with Crippen molar-refractivity contribution in [3.8, 4) is 11.5 Å². The number of alkyl halides is 3. The number of azo groups is 1. The molecule has 0 aliphatic carbocycles. The van der Waals surface area contributed by atoms with E-state index in [9.17, 15) is 17.7 Å². The Labute approximate surface area is 178 Å². The maximum absolute atomic E-state index is 13.1. The highest BCUT2D eigenvalue weighted by Gasteiger charge is 2.32. The standard InChI is InChI=1S/C18H17F3N8OS/c1-3-31(30)13-5-4-10(18(19,20)21)8-11(13)28-29-14-15(22)26-16(27-17(14)23-2)12-9-24-6-7-25-12/h4-9H,3H2,1-2H3,(H3,22,23,26,27)/b29-28+. The maximum Gasteiger partial charge on any atom is 0.416 e. The zero-order valence-corrected chi connectivity index (χ0v) is 17.2. The minimum Gasteiger partial charge on any atom is -0.611 e. The quantitative estimate of drug-likeness (QED) is 0.426. The molecule has 0 aliphatic rings. The Morgan fingerprint density at radius 3 is 2.58 bits per heavy atom. The fraction of sp³-hybridized carbons (Fsp3) is 0.222. The number of anilines is 2. The van der Waals surface area contributed by atoms with Gasteiger partial charge in [-0.25, -0.2) is 15.0 Å². The molecule has 0 bridgehead atoms. The van der Waals surface area contributed by atoms with E-state index in [-0.39, 0.29) is 39.5 Å².